The molecule has 0 aliphatic heterocycles. The zero-order chi connectivity index (χ0) is 15.5. The van der Waals surface area contributed by atoms with Gasteiger partial charge in [0.25, 0.3) is 0 Å². The minimum atomic E-state index is 0.0434. The molecule has 1 amide bonds. The van der Waals surface area contributed by atoms with Crippen molar-refractivity contribution < 1.29 is 9.90 Å². The first-order chi connectivity index (χ1) is 10.0. The average Bonchev–Trinajstić information content (AvgIpc) is 2.70. The Balaban J connectivity index is 2.16. The van der Waals surface area contributed by atoms with E-state index in [1.54, 1.807) is 4.90 Å². The Morgan fingerprint density at radius 1 is 1.24 bits per heavy atom. The molecule has 2 aliphatic carbocycles. The number of allylic oxidation sites excluding steroid dienone is 1. The molecule has 3 heteroatoms. The fourth-order valence-corrected chi connectivity index (χ4v) is 4.48. The first kappa shape index (κ1) is 16.5. The van der Waals surface area contributed by atoms with E-state index in [-0.39, 0.29) is 11.3 Å². The fraction of sp³-hybridized carbons (Fsp3) is 0.833. The number of aliphatic hydroxyl groups excluding tert-OH is 1. The molecule has 21 heavy (non-hydrogen) atoms. The van der Waals surface area contributed by atoms with Crippen LogP contribution in [-0.4, -0.2) is 36.6 Å². The van der Waals surface area contributed by atoms with Gasteiger partial charge in [0.1, 0.15) is 0 Å². The van der Waals surface area contributed by atoms with E-state index < -0.39 is 0 Å². The van der Waals surface area contributed by atoms with Gasteiger partial charge >= 0.3 is 0 Å². The minimum Gasteiger partial charge on any atom is -0.395 e. The van der Waals surface area contributed by atoms with Crippen LogP contribution < -0.4 is 0 Å². The van der Waals surface area contributed by atoms with E-state index in [4.69, 9.17) is 0 Å². The lowest BCUT2D eigenvalue weighted by Crippen LogP contribution is -2.31. The van der Waals surface area contributed by atoms with Crippen LogP contribution in [0.25, 0.3) is 0 Å². The van der Waals surface area contributed by atoms with Gasteiger partial charge in [-0.3, -0.25) is 4.79 Å². The first-order valence-corrected chi connectivity index (χ1v) is 8.51. The number of hydrogen-bond acceptors (Lipinski definition) is 2. The van der Waals surface area contributed by atoms with Gasteiger partial charge in [-0.15, -0.1) is 0 Å². The molecule has 0 spiro atoms. The molecule has 2 fully saturated rings. The SMILES string of the molecule is C/C(CCC(=O)N(C)C)=C1/CC[C@@H]2CCCCCC12CO. The zero-order valence-electron chi connectivity index (χ0n) is 14.0. The van der Waals surface area contributed by atoms with Gasteiger partial charge in [-0.2, -0.15) is 0 Å². The third-order valence-corrected chi connectivity index (χ3v) is 5.81. The monoisotopic (exact) mass is 293 g/mol. The normalized spacial score (nSPS) is 31.5. The summed E-state index contributed by atoms with van der Waals surface area (Å²) in [6, 6.07) is 0. The molecule has 0 aromatic rings. The highest BCUT2D eigenvalue weighted by Crippen LogP contribution is 2.55. The van der Waals surface area contributed by atoms with Crippen LogP contribution in [0.4, 0.5) is 0 Å². The number of hydrogen-bond donors (Lipinski definition) is 1. The topological polar surface area (TPSA) is 40.5 Å². The summed E-state index contributed by atoms with van der Waals surface area (Å²) in [5, 5.41) is 10.2. The Hall–Kier alpha value is -0.830. The van der Waals surface area contributed by atoms with E-state index in [2.05, 4.69) is 6.92 Å². The molecule has 0 aromatic heterocycles. The van der Waals surface area contributed by atoms with Gasteiger partial charge in [-0.25, -0.2) is 0 Å². The fourth-order valence-electron chi connectivity index (χ4n) is 4.48. The minimum absolute atomic E-state index is 0.0434. The van der Waals surface area contributed by atoms with Gasteiger partial charge in [0.2, 0.25) is 5.91 Å². The van der Waals surface area contributed by atoms with Gasteiger partial charge in [0.15, 0.2) is 0 Å². The Morgan fingerprint density at radius 3 is 2.67 bits per heavy atom. The number of nitrogens with zero attached hydrogens (tertiary/aromatic N) is 1. The summed E-state index contributed by atoms with van der Waals surface area (Å²) < 4.78 is 0. The molecule has 3 nitrogen and oxygen atoms in total. The van der Waals surface area contributed by atoms with Crippen LogP contribution in [0, 0.1) is 11.3 Å². The molecule has 120 valence electrons. The second-order valence-electron chi connectivity index (χ2n) is 7.20. The van der Waals surface area contributed by atoms with Crippen LogP contribution in [0.5, 0.6) is 0 Å². The Morgan fingerprint density at radius 2 is 2.00 bits per heavy atom. The van der Waals surface area contributed by atoms with Crippen molar-refractivity contribution >= 4 is 5.91 Å². The van der Waals surface area contributed by atoms with Gasteiger partial charge in [0.05, 0.1) is 6.61 Å². The van der Waals surface area contributed by atoms with Gasteiger partial charge in [-0.05, 0) is 44.9 Å². The van der Waals surface area contributed by atoms with Crippen molar-refractivity contribution in [1.29, 1.82) is 0 Å². The van der Waals surface area contributed by atoms with Crippen molar-refractivity contribution in [2.45, 2.75) is 64.7 Å². The van der Waals surface area contributed by atoms with E-state index in [0.29, 0.717) is 18.9 Å². The van der Waals surface area contributed by atoms with Crippen LogP contribution in [0.3, 0.4) is 0 Å². The molecule has 2 atom stereocenters. The summed E-state index contributed by atoms with van der Waals surface area (Å²) in [6.07, 6.45) is 10.1. The molecule has 2 aliphatic rings. The summed E-state index contributed by atoms with van der Waals surface area (Å²) in [5.74, 6) is 0.864. The number of aliphatic hydroxyl groups is 1. The molecule has 0 saturated heterocycles. The van der Waals surface area contributed by atoms with E-state index in [0.717, 1.165) is 19.3 Å². The quantitative estimate of drug-likeness (QED) is 0.806. The maximum absolute atomic E-state index is 11.8. The van der Waals surface area contributed by atoms with E-state index in [9.17, 15) is 9.90 Å². The molecule has 1 unspecified atom stereocenters. The van der Waals surface area contributed by atoms with Crippen LogP contribution >= 0.6 is 0 Å². The summed E-state index contributed by atoms with van der Waals surface area (Å²) in [5.41, 5.74) is 2.90. The molecule has 0 bridgehead atoms. The molecular weight excluding hydrogens is 262 g/mol. The molecule has 1 N–H and O–H groups in total. The molecule has 2 rings (SSSR count). The molecule has 0 radical (unpaired) electrons. The van der Waals surface area contributed by atoms with E-state index in [1.165, 1.54) is 43.3 Å². The lowest BCUT2D eigenvalue weighted by Gasteiger charge is -2.35. The van der Waals surface area contributed by atoms with E-state index >= 15 is 0 Å². The summed E-state index contributed by atoms with van der Waals surface area (Å²) in [7, 11) is 3.63. The zero-order valence-corrected chi connectivity index (χ0v) is 14.0. The third kappa shape index (κ3) is 3.33. The Bertz CT molecular complexity index is 413. The highest BCUT2D eigenvalue weighted by molar-refractivity contribution is 5.75. The van der Waals surface area contributed by atoms with Crippen LogP contribution in [0.1, 0.15) is 64.7 Å². The predicted octanol–water partition coefficient (Wildman–Crippen LogP) is 3.52. The van der Waals surface area contributed by atoms with Crippen molar-refractivity contribution in [3.8, 4) is 0 Å². The van der Waals surface area contributed by atoms with Crippen molar-refractivity contribution in [3.05, 3.63) is 11.1 Å². The summed E-state index contributed by atoms with van der Waals surface area (Å²) in [4.78, 5) is 13.5. The second-order valence-corrected chi connectivity index (χ2v) is 7.20. The lowest BCUT2D eigenvalue weighted by atomic mass is 9.71. The second kappa shape index (κ2) is 6.95. The molecule has 2 saturated carbocycles. The maximum Gasteiger partial charge on any atom is 0.222 e. The average molecular weight is 293 g/mol. The van der Waals surface area contributed by atoms with Crippen molar-refractivity contribution in [1.82, 2.24) is 4.90 Å². The van der Waals surface area contributed by atoms with Crippen LogP contribution in [0.2, 0.25) is 0 Å². The Kier molecular flexibility index (Phi) is 5.48. The third-order valence-electron chi connectivity index (χ3n) is 5.81. The van der Waals surface area contributed by atoms with Gasteiger partial charge < -0.3 is 10.0 Å². The standard InChI is InChI=1S/C18H31NO2/c1-14(8-11-17(21)19(2)3)16-10-9-15-7-5-4-6-12-18(15,16)13-20/h15,20H,4-13H2,1-3H3/b16-14+/t15-,18?/m0/s1. The molecule has 0 aromatic carbocycles. The van der Waals surface area contributed by atoms with Gasteiger partial charge in [0, 0.05) is 25.9 Å². The van der Waals surface area contributed by atoms with Crippen molar-refractivity contribution in [3.63, 3.8) is 0 Å². The number of carbonyl (C=O) groups is 1. The highest BCUT2D eigenvalue weighted by Gasteiger charge is 2.46. The van der Waals surface area contributed by atoms with Crippen LogP contribution in [0.15, 0.2) is 11.1 Å². The van der Waals surface area contributed by atoms with Crippen molar-refractivity contribution in [2.24, 2.45) is 11.3 Å². The Labute approximate surface area is 129 Å². The smallest absolute Gasteiger partial charge is 0.222 e. The highest BCUT2D eigenvalue weighted by atomic mass is 16.3. The molecular formula is C18H31NO2. The largest absolute Gasteiger partial charge is 0.395 e. The number of amides is 1. The number of carbonyl (C=O) groups excluding carboxylic acids is 1. The molecule has 0 heterocycles. The summed E-state index contributed by atoms with van der Waals surface area (Å²) >= 11 is 0. The van der Waals surface area contributed by atoms with E-state index in [1.807, 2.05) is 14.1 Å². The lowest BCUT2D eigenvalue weighted by molar-refractivity contribution is -0.128. The number of fused-ring (bicyclic) bond motifs is 1. The van der Waals surface area contributed by atoms with Crippen molar-refractivity contribution in [2.75, 3.05) is 20.7 Å². The summed E-state index contributed by atoms with van der Waals surface area (Å²) in [6.45, 7) is 2.48. The first-order valence-electron chi connectivity index (χ1n) is 8.51. The van der Waals surface area contributed by atoms with Gasteiger partial charge in [-0.1, -0.05) is 30.4 Å². The maximum atomic E-state index is 11.8. The number of rotatable bonds is 4. The predicted molar refractivity (Wildman–Crippen MR) is 86.0 cm³/mol. The van der Waals surface area contributed by atoms with Crippen LogP contribution in [-0.2, 0) is 4.79 Å².